The highest BCUT2D eigenvalue weighted by Gasteiger charge is 2.14. The number of aromatic hydroxyl groups is 1. The molecule has 6 heteroatoms. The van der Waals surface area contributed by atoms with E-state index in [0.717, 1.165) is 11.1 Å². The Bertz CT molecular complexity index is 998. The molecule has 0 amide bonds. The van der Waals surface area contributed by atoms with Gasteiger partial charge in [-0.1, -0.05) is 36.4 Å². The van der Waals surface area contributed by atoms with Crippen LogP contribution in [0.5, 0.6) is 5.88 Å². The van der Waals surface area contributed by atoms with Crippen LogP contribution in [0.4, 0.5) is 4.39 Å². The van der Waals surface area contributed by atoms with E-state index in [0.29, 0.717) is 11.0 Å². The molecule has 23 heavy (non-hydrogen) atoms. The van der Waals surface area contributed by atoms with Crippen molar-refractivity contribution in [2.45, 2.75) is 0 Å². The van der Waals surface area contributed by atoms with Crippen molar-refractivity contribution in [3.63, 3.8) is 0 Å². The Labute approximate surface area is 130 Å². The third kappa shape index (κ3) is 2.20. The van der Waals surface area contributed by atoms with E-state index < -0.39 is 5.82 Å². The summed E-state index contributed by atoms with van der Waals surface area (Å²) in [5.41, 5.74) is 2.32. The quantitative estimate of drug-likeness (QED) is 0.617. The number of benzene rings is 2. The molecule has 2 aromatic carbocycles. The summed E-state index contributed by atoms with van der Waals surface area (Å²) < 4.78 is 15.9. The fraction of sp³-hybridized carbons (Fsp3) is 0. The Balaban J connectivity index is 1.85. The summed E-state index contributed by atoms with van der Waals surface area (Å²) in [5.74, 6) is -0.600. The summed E-state index contributed by atoms with van der Waals surface area (Å²) >= 11 is 0. The van der Waals surface area contributed by atoms with Gasteiger partial charge < -0.3 is 5.11 Å². The molecule has 0 saturated heterocycles. The van der Waals surface area contributed by atoms with Crippen molar-refractivity contribution < 1.29 is 9.50 Å². The molecule has 5 nitrogen and oxygen atoms in total. The third-order valence-corrected chi connectivity index (χ3v) is 3.63. The van der Waals surface area contributed by atoms with Crippen LogP contribution in [0.25, 0.3) is 27.8 Å². The van der Waals surface area contributed by atoms with Crippen molar-refractivity contribution in [3.05, 3.63) is 66.9 Å². The molecule has 4 aromatic rings. The fourth-order valence-electron chi connectivity index (χ4n) is 2.50. The van der Waals surface area contributed by atoms with Crippen LogP contribution >= 0.6 is 0 Å². The second kappa shape index (κ2) is 5.17. The van der Waals surface area contributed by atoms with Gasteiger partial charge in [-0.15, -0.1) is 0 Å². The summed E-state index contributed by atoms with van der Waals surface area (Å²) in [5, 5.41) is 14.2. The van der Waals surface area contributed by atoms with Gasteiger partial charge in [-0.05, 0) is 23.3 Å². The van der Waals surface area contributed by atoms with Gasteiger partial charge in [0.05, 0.1) is 6.20 Å². The minimum atomic E-state index is -0.422. The van der Waals surface area contributed by atoms with Crippen LogP contribution < -0.4 is 0 Å². The minimum Gasteiger partial charge on any atom is -0.493 e. The molecule has 1 N–H and O–H groups in total. The molecular formula is C17H11FN4O. The van der Waals surface area contributed by atoms with Crippen LogP contribution in [-0.2, 0) is 0 Å². The maximum Gasteiger partial charge on any atom is 0.225 e. The first-order valence-corrected chi connectivity index (χ1v) is 6.97. The van der Waals surface area contributed by atoms with Crippen LogP contribution in [-0.4, -0.2) is 24.9 Å². The molecule has 0 spiro atoms. The summed E-state index contributed by atoms with van der Waals surface area (Å²) in [6, 6.07) is 14.5. The Morgan fingerprint density at radius 2 is 1.78 bits per heavy atom. The number of nitrogens with zero attached hydrogens (tertiary/aromatic N) is 4. The topological polar surface area (TPSA) is 63.8 Å². The molecule has 0 bridgehead atoms. The molecule has 0 unspecified atom stereocenters. The van der Waals surface area contributed by atoms with E-state index in [-0.39, 0.29) is 11.6 Å². The lowest BCUT2D eigenvalue weighted by molar-refractivity contribution is 0.459. The molecule has 4 rings (SSSR count). The van der Waals surface area contributed by atoms with Gasteiger partial charge in [0.25, 0.3) is 0 Å². The van der Waals surface area contributed by atoms with Crippen molar-refractivity contribution in [1.82, 2.24) is 19.7 Å². The number of aromatic nitrogens is 4. The van der Waals surface area contributed by atoms with Crippen molar-refractivity contribution >= 4 is 11.0 Å². The maximum absolute atomic E-state index is 14.6. The van der Waals surface area contributed by atoms with Crippen molar-refractivity contribution in [2.75, 3.05) is 0 Å². The lowest BCUT2D eigenvalue weighted by atomic mass is 10.1. The van der Waals surface area contributed by atoms with Crippen molar-refractivity contribution in [3.8, 4) is 22.7 Å². The van der Waals surface area contributed by atoms with Crippen LogP contribution in [0.1, 0.15) is 0 Å². The summed E-state index contributed by atoms with van der Waals surface area (Å²) in [7, 11) is 0. The molecule has 112 valence electrons. The zero-order chi connectivity index (χ0) is 15.8. The van der Waals surface area contributed by atoms with E-state index in [9.17, 15) is 9.50 Å². The minimum absolute atomic E-state index is 0.178. The van der Waals surface area contributed by atoms with Gasteiger partial charge in [-0.25, -0.2) is 19.0 Å². The number of rotatable bonds is 2. The summed E-state index contributed by atoms with van der Waals surface area (Å²) in [6.07, 6.45) is 2.63. The first-order chi connectivity index (χ1) is 11.2. The first-order valence-electron chi connectivity index (χ1n) is 6.97. The standard InChI is InChI=1S/C17H11FN4O/c18-14-8-12(11-4-2-1-3-5-11)6-7-15(14)22-16-13(9-21-22)17(23)20-10-19-16/h1-10H,(H,19,20,23). The second-order valence-corrected chi connectivity index (χ2v) is 5.02. The zero-order valence-electron chi connectivity index (χ0n) is 11.9. The van der Waals surface area contributed by atoms with Crippen molar-refractivity contribution in [1.29, 1.82) is 0 Å². The first kappa shape index (κ1) is 13.4. The van der Waals surface area contributed by atoms with Gasteiger partial charge in [0.15, 0.2) is 5.65 Å². The molecule has 0 saturated carbocycles. The molecule has 0 aliphatic heterocycles. The van der Waals surface area contributed by atoms with E-state index >= 15 is 0 Å². The molecule has 0 fully saturated rings. The Hall–Kier alpha value is -3.28. The van der Waals surface area contributed by atoms with Gasteiger partial charge in [0, 0.05) is 0 Å². The molecule has 0 aliphatic rings. The normalized spacial score (nSPS) is 11.0. The van der Waals surface area contributed by atoms with Gasteiger partial charge in [-0.2, -0.15) is 5.10 Å². The summed E-state index contributed by atoms with van der Waals surface area (Å²) in [4.78, 5) is 7.75. The highest BCUT2D eigenvalue weighted by molar-refractivity contribution is 5.81. The number of halogens is 1. The molecule has 2 heterocycles. The SMILES string of the molecule is Oc1ncnc2c1cnn2-c1ccc(-c2ccccc2)cc1F. The van der Waals surface area contributed by atoms with Crippen LogP contribution in [0.15, 0.2) is 61.1 Å². The van der Waals surface area contributed by atoms with Crippen LogP contribution in [0.2, 0.25) is 0 Å². The van der Waals surface area contributed by atoms with Gasteiger partial charge in [-0.3, -0.25) is 0 Å². The maximum atomic E-state index is 14.6. The van der Waals surface area contributed by atoms with Crippen LogP contribution in [0, 0.1) is 5.82 Å². The Kier molecular flexibility index (Phi) is 3.01. The van der Waals surface area contributed by atoms with E-state index in [1.54, 1.807) is 6.07 Å². The van der Waals surface area contributed by atoms with E-state index in [2.05, 4.69) is 15.1 Å². The largest absolute Gasteiger partial charge is 0.493 e. The number of hydrogen-bond donors (Lipinski definition) is 1. The molecule has 2 aromatic heterocycles. The molecular weight excluding hydrogens is 295 g/mol. The average molecular weight is 306 g/mol. The predicted molar refractivity (Wildman–Crippen MR) is 83.7 cm³/mol. The second-order valence-electron chi connectivity index (χ2n) is 5.02. The highest BCUT2D eigenvalue weighted by atomic mass is 19.1. The van der Waals surface area contributed by atoms with E-state index in [1.165, 1.54) is 23.3 Å². The lowest BCUT2D eigenvalue weighted by Gasteiger charge is -2.07. The predicted octanol–water partition coefficient (Wildman–Crippen LogP) is 3.33. The monoisotopic (exact) mass is 306 g/mol. The lowest BCUT2D eigenvalue weighted by Crippen LogP contribution is -2.01. The smallest absolute Gasteiger partial charge is 0.225 e. The molecule has 0 radical (unpaired) electrons. The van der Waals surface area contributed by atoms with E-state index in [1.807, 2.05) is 36.4 Å². The Morgan fingerprint density at radius 1 is 0.957 bits per heavy atom. The Morgan fingerprint density at radius 3 is 2.57 bits per heavy atom. The van der Waals surface area contributed by atoms with Crippen molar-refractivity contribution in [2.24, 2.45) is 0 Å². The van der Waals surface area contributed by atoms with E-state index in [4.69, 9.17) is 0 Å². The highest BCUT2D eigenvalue weighted by Crippen LogP contribution is 2.26. The van der Waals surface area contributed by atoms with Gasteiger partial charge >= 0.3 is 0 Å². The third-order valence-electron chi connectivity index (χ3n) is 3.63. The van der Waals surface area contributed by atoms with Crippen LogP contribution in [0.3, 0.4) is 0 Å². The average Bonchev–Trinajstić information content (AvgIpc) is 3.01. The zero-order valence-corrected chi connectivity index (χ0v) is 11.9. The summed E-state index contributed by atoms with van der Waals surface area (Å²) in [6.45, 7) is 0. The fourth-order valence-corrected chi connectivity index (χ4v) is 2.50. The number of fused-ring (bicyclic) bond motifs is 1. The van der Waals surface area contributed by atoms with Gasteiger partial charge in [0.2, 0.25) is 5.88 Å². The number of hydrogen-bond acceptors (Lipinski definition) is 4. The molecule has 0 aliphatic carbocycles. The van der Waals surface area contributed by atoms with Gasteiger partial charge in [0.1, 0.15) is 23.2 Å². The molecule has 0 atom stereocenters.